The average Bonchev–Trinajstić information content (AvgIpc) is 3.11. The maximum atomic E-state index is 12.5. The van der Waals surface area contributed by atoms with Crippen LogP contribution in [-0.2, 0) is 14.3 Å². The lowest BCUT2D eigenvalue weighted by atomic mass is 9.91. The number of carboxylic acids is 1. The van der Waals surface area contributed by atoms with E-state index < -0.39 is 18.2 Å². The van der Waals surface area contributed by atoms with Gasteiger partial charge >= 0.3 is 18.1 Å². The Bertz CT molecular complexity index is 913. The summed E-state index contributed by atoms with van der Waals surface area (Å²) in [5.41, 5.74) is 11.1. The van der Waals surface area contributed by atoms with Gasteiger partial charge in [0.2, 0.25) is 0 Å². The van der Waals surface area contributed by atoms with Gasteiger partial charge in [0, 0.05) is 5.92 Å². The molecule has 1 heterocycles. The number of rotatable bonds is 4. The number of carbonyl (C=O) groups excluding carboxylic acids is 1. The molecule has 4 N–H and O–H groups in total. The molecule has 1 fully saturated rings. The van der Waals surface area contributed by atoms with E-state index in [-0.39, 0.29) is 17.8 Å². The third kappa shape index (κ3) is 5.46. The van der Waals surface area contributed by atoms with Crippen molar-refractivity contribution >= 4 is 11.9 Å². The Kier molecular flexibility index (Phi) is 7.52. The number of benzene rings is 2. The molecule has 1 unspecified atom stereocenters. The maximum absolute atomic E-state index is 12.5. The van der Waals surface area contributed by atoms with Gasteiger partial charge in [0.25, 0.3) is 0 Å². The summed E-state index contributed by atoms with van der Waals surface area (Å²) < 4.78 is 37.4. The van der Waals surface area contributed by atoms with Crippen molar-refractivity contribution in [1.29, 1.82) is 0 Å². The highest BCUT2D eigenvalue weighted by atomic mass is 19.4. The molecular weight excluding hydrogens is 425 g/mol. The van der Waals surface area contributed by atoms with Gasteiger partial charge in [-0.1, -0.05) is 48.5 Å². The van der Waals surface area contributed by atoms with Gasteiger partial charge in [0.15, 0.2) is 0 Å². The van der Waals surface area contributed by atoms with E-state index in [1.54, 1.807) is 0 Å². The van der Waals surface area contributed by atoms with Crippen LogP contribution in [0.2, 0.25) is 0 Å². The van der Waals surface area contributed by atoms with Crippen LogP contribution in [0, 0.1) is 5.92 Å². The third-order valence-corrected chi connectivity index (χ3v) is 5.76. The summed E-state index contributed by atoms with van der Waals surface area (Å²) in [5.74, 6) is -2.71. The highest BCUT2D eigenvalue weighted by Crippen LogP contribution is 2.44. The van der Waals surface area contributed by atoms with Crippen molar-refractivity contribution in [3.63, 3.8) is 0 Å². The van der Waals surface area contributed by atoms with Gasteiger partial charge in [-0.05, 0) is 54.1 Å². The van der Waals surface area contributed by atoms with Crippen molar-refractivity contribution < 1.29 is 32.6 Å². The molecule has 0 spiro atoms. The van der Waals surface area contributed by atoms with Gasteiger partial charge in [-0.25, -0.2) is 4.79 Å². The summed E-state index contributed by atoms with van der Waals surface area (Å²) >= 11 is 0. The van der Waals surface area contributed by atoms with Crippen LogP contribution in [0.15, 0.2) is 48.5 Å². The molecule has 0 bridgehead atoms. The lowest BCUT2D eigenvalue weighted by molar-refractivity contribution is -0.192. The first-order valence-corrected chi connectivity index (χ1v) is 10.3. The predicted molar refractivity (Wildman–Crippen MR) is 112 cm³/mol. The Balaban J connectivity index is 0.000000360. The molecule has 2 aliphatic rings. The number of piperidine rings is 1. The van der Waals surface area contributed by atoms with Crippen LogP contribution in [0.4, 0.5) is 13.2 Å². The topological polar surface area (TPSA) is 102 Å². The lowest BCUT2D eigenvalue weighted by Crippen LogP contribution is -2.44. The molecule has 172 valence electrons. The Hall–Kier alpha value is -2.91. The number of ether oxygens (including phenoxy) is 1. The number of hydrogen-bond acceptors (Lipinski definition) is 5. The van der Waals surface area contributed by atoms with E-state index in [4.69, 9.17) is 20.4 Å². The van der Waals surface area contributed by atoms with Crippen LogP contribution in [-0.4, -0.2) is 49.0 Å². The first kappa shape index (κ1) is 23.7. The van der Waals surface area contributed by atoms with Crippen LogP contribution >= 0.6 is 0 Å². The second-order valence-electron chi connectivity index (χ2n) is 7.77. The zero-order chi connectivity index (χ0) is 23.3. The summed E-state index contributed by atoms with van der Waals surface area (Å²) in [4.78, 5) is 21.4. The smallest absolute Gasteiger partial charge is 0.475 e. The van der Waals surface area contributed by atoms with Gasteiger partial charge in [-0.2, -0.15) is 13.2 Å². The molecule has 1 saturated heterocycles. The SMILES string of the molecule is NC(C(=O)OCC1c2ccccc2-c2ccccc21)C1CCNCC1.O=C(O)C(F)(F)F. The zero-order valence-electron chi connectivity index (χ0n) is 17.3. The second-order valence-corrected chi connectivity index (χ2v) is 7.77. The molecule has 1 aliphatic heterocycles. The third-order valence-electron chi connectivity index (χ3n) is 5.76. The molecule has 0 amide bonds. The Morgan fingerprint density at radius 2 is 1.50 bits per heavy atom. The summed E-state index contributed by atoms with van der Waals surface area (Å²) in [6.07, 6.45) is -3.21. The minimum atomic E-state index is -5.08. The van der Waals surface area contributed by atoms with Crippen LogP contribution in [0.3, 0.4) is 0 Å². The van der Waals surface area contributed by atoms with Crippen molar-refractivity contribution in [1.82, 2.24) is 5.32 Å². The fraction of sp³-hybridized carbons (Fsp3) is 0.391. The van der Waals surface area contributed by atoms with E-state index >= 15 is 0 Å². The number of esters is 1. The van der Waals surface area contributed by atoms with E-state index in [2.05, 4.69) is 41.7 Å². The number of carboxylic acid groups (broad SMARTS) is 1. The van der Waals surface area contributed by atoms with Gasteiger partial charge in [0.1, 0.15) is 12.6 Å². The fourth-order valence-corrected chi connectivity index (χ4v) is 4.10. The summed E-state index contributed by atoms with van der Waals surface area (Å²) in [6.45, 7) is 2.20. The summed E-state index contributed by atoms with van der Waals surface area (Å²) in [5, 5.41) is 10.4. The maximum Gasteiger partial charge on any atom is 0.490 e. The fourth-order valence-electron chi connectivity index (χ4n) is 4.10. The number of aliphatic carboxylic acids is 1. The van der Waals surface area contributed by atoms with Crippen molar-refractivity contribution in [2.24, 2.45) is 11.7 Å². The minimum Gasteiger partial charge on any atom is -0.475 e. The van der Waals surface area contributed by atoms with Crippen LogP contribution in [0.25, 0.3) is 11.1 Å². The highest BCUT2D eigenvalue weighted by molar-refractivity contribution is 5.80. The Labute approximate surface area is 183 Å². The van der Waals surface area contributed by atoms with E-state index in [0.717, 1.165) is 25.9 Å². The molecule has 1 atom stereocenters. The van der Waals surface area contributed by atoms with Gasteiger partial charge in [-0.3, -0.25) is 4.79 Å². The number of nitrogens with one attached hydrogen (secondary N) is 1. The van der Waals surface area contributed by atoms with Crippen LogP contribution in [0.5, 0.6) is 0 Å². The molecule has 32 heavy (non-hydrogen) atoms. The molecule has 0 radical (unpaired) electrons. The number of alkyl halides is 3. The van der Waals surface area contributed by atoms with Gasteiger partial charge in [-0.15, -0.1) is 0 Å². The molecule has 0 saturated carbocycles. The van der Waals surface area contributed by atoms with Gasteiger partial charge < -0.3 is 20.9 Å². The number of fused-ring (bicyclic) bond motifs is 3. The molecule has 9 heteroatoms. The number of halogens is 3. The van der Waals surface area contributed by atoms with Crippen LogP contribution in [0.1, 0.15) is 29.9 Å². The molecule has 1 aliphatic carbocycles. The number of hydrogen-bond donors (Lipinski definition) is 3. The molecule has 6 nitrogen and oxygen atoms in total. The largest absolute Gasteiger partial charge is 0.490 e. The molecule has 4 rings (SSSR count). The number of nitrogens with two attached hydrogens (primary N) is 1. The van der Waals surface area contributed by atoms with E-state index in [0.29, 0.717) is 6.61 Å². The first-order valence-electron chi connectivity index (χ1n) is 10.3. The molecule has 2 aromatic carbocycles. The molecular formula is C23H25F3N2O4. The molecule has 2 aromatic rings. The Morgan fingerprint density at radius 1 is 1.03 bits per heavy atom. The van der Waals surface area contributed by atoms with E-state index in [9.17, 15) is 18.0 Å². The van der Waals surface area contributed by atoms with Crippen molar-refractivity contribution in [2.45, 2.75) is 31.0 Å². The highest BCUT2D eigenvalue weighted by Gasteiger charge is 2.38. The normalized spacial score (nSPS) is 16.9. The quantitative estimate of drug-likeness (QED) is 0.618. The standard InChI is InChI=1S/C21H24N2O2.C2HF3O2/c22-20(14-9-11-23-12-10-14)21(24)25-13-19-17-7-3-1-5-15(17)16-6-2-4-8-18(16)19;3-2(4,5)1(6)7/h1-8,14,19-20,23H,9-13,22H2;(H,6,7). The Morgan fingerprint density at radius 3 is 1.97 bits per heavy atom. The van der Waals surface area contributed by atoms with E-state index in [1.807, 2.05) is 12.1 Å². The second kappa shape index (κ2) is 10.1. The van der Waals surface area contributed by atoms with Crippen molar-refractivity contribution in [2.75, 3.05) is 19.7 Å². The average molecular weight is 450 g/mol. The molecule has 0 aromatic heterocycles. The lowest BCUT2D eigenvalue weighted by Gasteiger charge is -2.27. The predicted octanol–water partition coefficient (Wildman–Crippen LogP) is 3.30. The van der Waals surface area contributed by atoms with Crippen molar-refractivity contribution in [3.05, 3.63) is 59.7 Å². The zero-order valence-corrected chi connectivity index (χ0v) is 17.3. The van der Waals surface area contributed by atoms with E-state index in [1.165, 1.54) is 22.3 Å². The van der Waals surface area contributed by atoms with Crippen LogP contribution < -0.4 is 11.1 Å². The number of carbonyl (C=O) groups is 2. The van der Waals surface area contributed by atoms with Crippen molar-refractivity contribution in [3.8, 4) is 11.1 Å². The van der Waals surface area contributed by atoms with Gasteiger partial charge in [0.05, 0.1) is 0 Å². The monoisotopic (exact) mass is 450 g/mol. The minimum absolute atomic E-state index is 0.0940. The first-order chi connectivity index (χ1) is 15.2. The summed E-state index contributed by atoms with van der Waals surface area (Å²) in [7, 11) is 0. The summed E-state index contributed by atoms with van der Waals surface area (Å²) in [6, 6.07) is 16.2.